The van der Waals surface area contributed by atoms with Gasteiger partial charge in [0.2, 0.25) is 11.8 Å². The van der Waals surface area contributed by atoms with Crippen LogP contribution in [-0.4, -0.2) is 47.9 Å². The molecule has 0 bridgehead atoms. The molecule has 1 aliphatic heterocycles. The van der Waals surface area contributed by atoms with Crippen LogP contribution >= 0.6 is 11.3 Å². The molecule has 0 atom stereocenters. The molecule has 0 radical (unpaired) electrons. The van der Waals surface area contributed by atoms with Crippen LogP contribution in [0, 0.1) is 6.92 Å². The van der Waals surface area contributed by atoms with E-state index in [0.717, 1.165) is 26.2 Å². The van der Waals surface area contributed by atoms with Gasteiger partial charge >= 0.3 is 0 Å². The largest absolute Gasteiger partial charge is 0.368 e. The minimum atomic E-state index is -0.153. The number of aryl methyl sites for hydroxylation is 1. The average molecular weight is 358 g/mol. The van der Waals surface area contributed by atoms with Crippen molar-refractivity contribution in [2.75, 3.05) is 36.4 Å². The second kappa shape index (κ2) is 7.65. The van der Waals surface area contributed by atoms with Gasteiger partial charge in [0, 0.05) is 44.2 Å². The lowest BCUT2D eigenvalue weighted by Crippen LogP contribution is -2.49. The summed E-state index contributed by atoms with van der Waals surface area (Å²) >= 11 is 1.34. The number of aromatic nitrogens is 1. The molecule has 1 saturated heterocycles. The molecule has 2 amide bonds. The van der Waals surface area contributed by atoms with Crippen molar-refractivity contribution in [1.82, 2.24) is 9.88 Å². The maximum Gasteiger partial charge on any atom is 0.228 e. The summed E-state index contributed by atoms with van der Waals surface area (Å²) in [4.78, 5) is 32.0. The van der Waals surface area contributed by atoms with Crippen LogP contribution in [0.1, 0.15) is 18.2 Å². The number of benzene rings is 1. The van der Waals surface area contributed by atoms with Gasteiger partial charge in [0.1, 0.15) is 0 Å². The maximum atomic E-state index is 12.5. The topological polar surface area (TPSA) is 65.5 Å². The van der Waals surface area contributed by atoms with Crippen molar-refractivity contribution in [3.05, 3.63) is 40.9 Å². The number of carbonyl (C=O) groups is 2. The average Bonchev–Trinajstić information content (AvgIpc) is 3.01. The summed E-state index contributed by atoms with van der Waals surface area (Å²) in [7, 11) is 0. The number of piperazine rings is 1. The summed E-state index contributed by atoms with van der Waals surface area (Å²) in [5.74, 6) is -0.0666. The van der Waals surface area contributed by atoms with Gasteiger partial charge in [-0.2, -0.15) is 0 Å². The Bertz CT molecular complexity index is 766. The number of hydrogen-bond donors (Lipinski definition) is 1. The van der Waals surface area contributed by atoms with Gasteiger partial charge in [-0.1, -0.05) is 12.1 Å². The first-order chi connectivity index (χ1) is 12.0. The molecule has 25 heavy (non-hydrogen) atoms. The Morgan fingerprint density at radius 3 is 2.68 bits per heavy atom. The highest BCUT2D eigenvalue weighted by atomic mass is 32.1. The SMILES string of the molecule is CC(=O)Nc1nc(CC(=O)N2CCN(c3cccc(C)c3)CC2)cs1. The first kappa shape index (κ1) is 17.4. The number of amides is 2. The Labute approximate surface area is 151 Å². The number of rotatable bonds is 4. The van der Waals surface area contributed by atoms with Crippen molar-refractivity contribution in [2.45, 2.75) is 20.3 Å². The number of thiazole rings is 1. The van der Waals surface area contributed by atoms with Crippen LogP contribution in [0.25, 0.3) is 0 Å². The van der Waals surface area contributed by atoms with Gasteiger partial charge in [-0.15, -0.1) is 11.3 Å². The molecule has 1 N–H and O–H groups in total. The molecule has 0 aliphatic carbocycles. The van der Waals surface area contributed by atoms with E-state index >= 15 is 0 Å². The lowest BCUT2D eigenvalue weighted by atomic mass is 10.2. The van der Waals surface area contributed by atoms with Crippen LogP contribution in [0.2, 0.25) is 0 Å². The number of anilines is 2. The number of hydrogen-bond acceptors (Lipinski definition) is 5. The van der Waals surface area contributed by atoms with Gasteiger partial charge in [-0.25, -0.2) is 4.98 Å². The standard InChI is InChI=1S/C18H22N4O2S/c1-13-4-3-5-16(10-13)21-6-8-22(9-7-21)17(24)11-15-12-25-18(20-15)19-14(2)23/h3-5,10,12H,6-9,11H2,1-2H3,(H,19,20,23). The van der Waals surface area contributed by atoms with Gasteiger partial charge in [-0.3, -0.25) is 9.59 Å². The highest BCUT2D eigenvalue weighted by Gasteiger charge is 2.22. The van der Waals surface area contributed by atoms with Gasteiger partial charge in [0.15, 0.2) is 5.13 Å². The molecule has 132 valence electrons. The third-order valence-electron chi connectivity index (χ3n) is 4.17. The number of nitrogens with one attached hydrogen (secondary N) is 1. The smallest absolute Gasteiger partial charge is 0.228 e. The summed E-state index contributed by atoms with van der Waals surface area (Å²) in [6.07, 6.45) is 0.278. The van der Waals surface area contributed by atoms with E-state index < -0.39 is 0 Å². The Kier molecular flexibility index (Phi) is 5.33. The molecule has 1 aromatic carbocycles. The van der Waals surface area contributed by atoms with Crippen LogP contribution in [0.3, 0.4) is 0 Å². The van der Waals surface area contributed by atoms with Crippen molar-refractivity contribution >= 4 is 34.0 Å². The van der Waals surface area contributed by atoms with Crippen LogP contribution in [0.4, 0.5) is 10.8 Å². The second-order valence-corrected chi connectivity index (χ2v) is 7.07. The molecular weight excluding hydrogens is 336 g/mol. The molecule has 2 aromatic rings. The van der Waals surface area contributed by atoms with E-state index in [1.54, 1.807) is 0 Å². The summed E-state index contributed by atoms with van der Waals surface area (Å²) in [5.41, 5.74) is 3.17. The summed E-state index contributed by atoms with van der Waals surface area (Å²) in [6.45, 7) is 6.64. The van der Waals surface area contributed by atoms with E-state index in [2.05, 4.69) is 46.4 Å². The molecule has 2 heterocycles. The lowest BCUT2D eigenvalue weighted by Gasteiger charge is -2.36. The predicted molar refractivity (Wildman–Crippen MR) is 100 cm³/mol. The van der Waals surface area contributed by atoms with Crippen molar-refractivity contribution in [1.29, 1.82) is 0 Å². The number of carbonyl (C=O) groups excluding carboxylic acids is 2. The molecular formula is C18H22N4O2S. The van der Waals surface area contributed by atoms with Gasteiger partial charge in [0.05, 0.1) is 12.1 Å². The van der Waals surface area contributed by atoms with Crippen LogP contribution in [-0.2, 0) is 16.0 Å². The van der Waals surface area contributed by atoms with E-state index in [1.165, 1.54) is 29.5 Å². The van der Waals surface area contributed by atoms with Gasteiger partial charge in [-0.05, 0) is 24.6 Å². The molecule has 0 spiro atoms. The number of nitrogens with zero attached hydrogens (tertiary/aromatic N) is 3. The zero-order valence-electron chi connectivity index (χ0n) is 14.5. The van der Waals surface area contributed by atoms with Gasteiger partial charge < -0.3 is 15.1 Å². The normalized spacial score (nSPS) is 14.5. The van der Waals surface area contributed by atoms with E-state index in [-0.39, 0.29) is 18.2 Å². The van der Waals surface area contributed by atoms with Crippen molar-refractivity contribution in [2.24, 2.45) is 0 Å². The van der Waals surface area contributed by atoms with Crippen molar-refractivity contribution in [3.8, 4) is 0 Å². The van der Waals surface area contributed by atoms with Gasteiger partial charge in [0.25, 0.3) is 0 Å². The molecule has 0 saturated carbocycles. The predicted octanol–water partition coefficient (Wildman–Crippen LogP) is 2.30. The van der Waals surface area contributed by atoms with E-state index in [9.17, 15) is 9.59 Å². The molecule has 0 unspecified atom stereocenters. The fourth-order valence-corrected chi connectivity index (χ4v) is 3.66. The maximum absolute atomic E-state index is 12.5. The monoisotopic (exact) mass is 358 g/mol. The molecule has 3 rings (SSSR count). The quantitative estimate of drug-likeness (QED) is 0.911. The Balaban J connectivity index is 1.53. The fraction of sp³-hybridized carbons (Fsp3) is 0.389. The first-order valence-corrected chi connectivity index (χ1v) is 9.20. The molecule has 6 nitrogen and oxygen atoms in total. The highest BCUT2D eigenvalue weighted by molar-refractivity contribution is 7.13. The summed E-state index contributed by atoms with van der Waals surface area (Å²) in [5, 5.41) is 5.01. The van der Waals surface area contributed by atoms with Crippen LogP contribution < -0.4 is 10.2 Å². The van der Waals surface area contributed by atoms with E-state index in [0.29, 0.717) is 10.8 Å². The minimum Gasteiger partial charge on any atom is -0.368 e. The van der Waals surface area contributed by atoms with E-state index in [4.69, 9.17) is 0 Å². The van der Waals surface area contributed by atoms with E-state index in [1.807, 2.05) is 10.3 Å². The zero-order valence-corrected chi connectivity index (χ0v) is 15.3. The van der Waals surface area contributed by atoms with Crippen molar-refractivity contribution < 1.29 is 9.59 Å². The molecule has 1 aliphatic rings. The zero-order chi connectivity index (χ0) is 17.8. The lowest BCUT2D eigenvalue weighted by molar-refractivity contribution is -0.130. The molecule has 7 heteroatoms. The molecule has 1 aromatic heterocycles. The van der Waals surface area contributed by atoms with Crippen LogP contribution in [0.15, 0.2) is 29.6 Å². The third-order valence-corrected chi connectivity index (χ3v) is 4.97. The first-order valence-electron chi connectivity index (χ1n) is 8.32. The van der Waals surface area contributed by atoms with Crippen molar-refractivity contribution in [3.63, 3.8) is 0 Å². The fourth-order valence-electron chi connectivity index (χ4n) is 2.90. The Morgan fingerprint density at radius 2 is 2.00 bits per heavy atom. The third kappa shape index (κ3) is 4.57. The highest BCUT2D eigenvalue weighted by Crippen LogP contribution is 2.19. The Hall–Kier alpha value is -2.41. The van der Waals surface area contributed by atoms with Crippen LogP contribution in [0.5, 0.6) is 0 Å². The second-order valence-electron chi connectivity index (χ2n) is 6.21. The Morgan fingerprint density at radius 1 is 1.24 bits per heavy atom. The minimum absolute atomic E-state index is 0.0866. The summed E-state index contributed by atoms with van der Waals surface area (Å²) < 4.78 is 0. The molecule has 1 fully saturated rings. The summed E-state index contributed by atoms with van der Waals surface area (Å²) in [6, 6.07) is 8.45.